The van der Waals surface area contributed by atoms with Gasteiger partial charge in [-0.3, -0.25) is 0 Å². The number of hydrogen-bond donors (Lipinski definition) is 1. The van der Waals surface area contributed by atoms with Crippen LogP contribution in [-0.4, -0.2) is 12.6 Å². The molecule has 0 heterocycles. The van der Waals surface area contributed by atoms with Crippen molar-refractivity contribution < 1.29 is 4.74 Å². The first-order valence-electron chi connectivity index (χ1n) is 8.09. The van der Waals surface area contributed by atoms with Gasteiger partial charge in [0.15, 0.2) is 0 Å². The van der Waals surface area contributed by atoms with Crippen LogP contribution >= 0.6 is 0 Å². The van der Waals surface area contributed by atoms with Crippen LogP contribution in [0.15, 0.2) is 36.4 Å². The summed E-state index contributed by atoms with van der Waals surface area (Å²) >= 11 is 0. The highest BCUT2D eigenvalue weighted by Crippen LogP contribution is 2.34. The highest BCUT2D eigenvalue weighted by molar-refractivity contribution is 5.89. The van der Waals surface area contributed by atoms with Gasteiger partial charge in [0.25, 0.3) is 0 Å². The average Bonchev–Trinajstić information content (AvgIpc) is 2.52. The second-order valence-electron chi connectivity index (χ2n) is 5.72. The Morgan fingerprint density at radius 1 is 1.05 bits per heavy atom. The van der Waals surface area contributed by atoms with Gasteiger partial charge in [-0.2, -0.15) is 0 Å². The lowest BCUT2D eigenvalue weighted by molar-refractivity contribution is 0.216. The quantitative estimate of drug-likeness (QED) is 0.766. The lowest BCUT2D eigenvalue weighted by Crippen LogP contribution is -2.21. The van der Waals surface area contributed by atoms with Crippen molar-refractivity contribution in [3.8, 4) is 5.75 Å². The summed E-state index contributed by atoms with van der Waals surface area (Å²) in [7, 11) is 0. The lowest BCUT2D eigenvalue weighted by Gasteiger charge is -2.22. The summed E-state index contributed by atoms with van der Waals surface area (Å²) in [5, 5.41) is 6.01. The van der Waals surface area contributed by atoms with Crippen molar-refractivity contribution in [3.63, 3.8) is 0 Å². The molecule has 0 fully saturated rings. The first kappa shape index (κ1) is 15.8. The van der Waals surface area contributed by atoms with Crippen LogP contribution in [0.3, 0.4) is 0 Å². The van der Waals surface area contributed by atoms with Gasteiger partial charge in [-0.25, -0.2) is 0 Å². The van der Waals surface area contributed by atoms with Crippen LogP contribution in [0.5, 0.6) is 5.75 Å². The van der Waals surface area contributed by atoms with E-state index in [1.807, 2.05) is 0 Å². The molecule has 0 radical (unpaired) electrons. The number of rotatable bonds is 7. The van der Waals surface area contributed by atoms with Crippen LogP contribution in [-0.2, 0) is 0 Å². The van der Waals surface area contributed by atoms with Gasteiger partial charge >= 0.3 is 0 Å². The third-order valence-corrected chi connectivity index (χ3v) is 3.97. The maximum atomic E-state index is 6.27. The van der Waals surface area contributed by atoms with Gasteiger partial charge in [0.1, 0.15) is 5.75 Å². The Kier molecular flexibility index (Phi) is 5.63. The first-order chi connectivity index (χ1) is 10.2. The summed E-state index contributed by atoms with van der Waals surface area (Å²) < 4.78 is 6.27. The third-order valence-electron chi connectivity index (χ3n) is 3.97. The van der Waals surface area contributed by atoms with Crippen molar-refractivity contribution in [2.45, 2.75) is 52.7 Å². The normalized spacial score (nSPS) is 14.1. The smallest absolute Gasteiger partial charge is 0.132 e. The van der Waals surface area contributed by atoms with Gasteiger partial charge in [-0.05, 0) is 38.6 Å². The van der Waals surface area contributed by atoms with E-state index in [0.29, 0.717) is 6.04 Å². The Morgan fingerprint density at radius 2 is 1.81 bits per heavy atom. The monoisotopic (exact) mass is 285 g/mol. The second-order valence-corrected chi connectivity index (χ2v) is 5.72. The highest BCUT2D eigenvalue weighted by Gasteiger charge is 2.16. The third kappa shape index (κ3) is 3.76. The molecule has 0 bridgehead atoms. The molecule has 1 N–H and O–H groups in total. The van der Waals surface area contributed by atoms with Crippen LogP contribution < -0.4 is 10.1 Å². The molecule has 0 aliphatic heterocycles. The summed E-state index contributed by atoms with van der Waals surface area (Å²) in [6.07, 6.45) is 2.38. The van der Waals surface area contributed by atoms with E-state index < -0.39 is 0 Å². The molecule has 0 saturated carbocycles. The molecular formula is C19H27NO. The molecule has 21 heavy (non-hydrogen) atoms. The topological polar surface area (TPSA) is 21.3 Å². The van der Waals surface area contributed by atoms with Crippen LogP contribution in [0.2, 0.25) is 0 Å². The molecule has 0 amide bonds. The van der Waals surface area contributed by atoms with Gasteiger partial charge in [0, 0.05) is 17.0 Å². The van der Waals surface area contributed by atoms with Crippen molar-refractivity contribution in [2.75, 3.05) is 6.54 Å². The van der Waals surface area contributed by atoms with Crippen molar-refractivity contribution in [2.24, 2.45) is 0 Å². The summed E-state index contributed by atoms with van der Waals surface area (Å²) in [5.74, 6) is 1.04. The van der Waals surface area contributed by atoms with E-state index in [2.05, 4.69) is 69.4 Å². The molecule has 114 valence electrons. The Bertz CT molecular complexity index is 579. The Balaban J connectivity index is 2.45. The Morgan fingerprint density at radius 3 is 2.52 bits per heavy atom. The van der Waals surface area contributed by atoms with Crippen molar-refractivity contribution in [1.29, 1.82) is 0 Å². The number of benzene rings is 2. The van der Waals surface area contributed by atoms with E-state index in [1.165, 1.54) is 16.3 Å². The zero-order valence-electron chi connectivity index (χ0n) is 13.6. The second kappa shape index (κ2) is 7.46. The minimum Gasteiger partial charge on any atom is -0.490 e. The fourth-order valence-electron chi connectivity index (χ4n) is 2.49. The zero-order chi connectivity index (χ0) is 15.2. The molecule has 2 aromatic rings. The fourth-order valence-corrected chi connectivity index (χ4v) is 2.49. The SMILES string of the molecule is CCCNC(C)c1ccc2ccccc2c1OC(C)CC. The van der Waals surface area contributed by atoms with E-state index in [-0.39, 0.29) is 6.10 Å². The minimum absolute atomic E-state index is 0.230. The molecule has 2 aromatic carbocycles. The number of nitrogens with one attached hydrogen (secondary N) is 1. The summed E-state index contributed by atoms with van der Waals surface area (Å²) in [6, 6.07) is 13.2. The summed E-state index contributed by atoms with van der Waals surface area (Å²) in [5.41, 5.74) is 1.25. The van der Waals surface area contributed by atoms with Crippen molar-refractivity contribution >= 4 is 10.8 Å². The molecule has 0 aliphatic rings. The molecule has 0 aromatic heterocycles. The number of ether oxygens (including phenoxy) is 1. The first-order valence-corrected chi connectivity index (χ1v) is 8.09. The molecule has 2 heteroatoms. The fraction of sp³-hybridized carbons (Fsp3) is 0.474. The van der Waals surface area contributed by atoms with Crippen LogP contribution in [0, 0.1) is 0 Å². The van der Waals surface area contributed by atoms with E-state index in [4.69, 9.17) is 4.74 Å². The molecule has 0 saturated heterocycles. The van der Waals surface area contributed by atoms with Gasteiger partial charge in [0.2, 0.25) is 0 Å². The van der Waals surface area contributed by atoms with Crippen LogP contribution in [0.1, 0.15) is 52.1 Å². The summed E-state index contributed by atoms with van der Waals surface area (Å²) in [6.45, 7) is 9.72. The zero-order valence-corrected chi connectivity index (χ0v) is 13.6. The van der Waals surface area contributed by atoms with Gasteiger partial charge in [0.05, 0.1) is 6.10 Å². The number of fused-ring (bicyclic) bond motifs is 1. The largest absolute Gasteiger partial charge is 0.490 e. The molecule has 2 nitrogen and oxygen atoms in total. The summed E-state index contributed by atoms with van der Waals surface area (Å²) in [4.78, 5) is 0. The molecule has 0 aliphatic carbocycles. The molecular weight excluding hydrogens is 258 g/mol. The molecule has 2 unspecified atom stereocenters. The number of hydrogen-bond acceptors (Lipinski definition) is 2. The Labute approximate surface area is 128 Å². The van der Waals surface area contributed by atoms with Crippen LogP contribution in [0.4, 0.5) is 0 Å². The van der Waals surface area contributed by atoms with E-state index in [1.54, 1.807) is 0 Å². The van der Waals surface area contributed by atoms with Crippen molar-refractivity contribution in [3.05, 3.63) is 42.0 Å². The Hall–Kier alpha value is -1.54. The van der Waals surface area contributed by atoms with Gasteiger partial charge < -0.3 is 10.1 Å². The van der Waals surface area contributed by atoms with E-state index in [0.717, 1.165) is 25.1 Å². The molecule has 0 spiro atoms. The standard InChI is InChI=1S/C19H27NO/c1-5-13-20-15(4)17-12-11-16-9-7-8-10-18(16)19(17)21-14(3)6-2/h7-12,14-15,20H,5-6,13H2,1-4H3. The molecule has 2 rings (SSSR count). The maximum absolute atomic E-state index is 6.27. The maximum Gasteiger partial charge on any atom is 0.132 e. The highest BCUT2D eigenvalue weighted by atomic mass is 16.5. The molecule has 2 atom stereocenters. The lowest BCUT2D eigenvalue weighted by atomic mass is 10.0. The van der Waals surface area contributed by atoms with Gasteiger partial charge in [-0.1, -0.05) is 50.2 Å². The van der Waals surface area contributed by atoms with Crippen LogP contribution in [0.25, 0.3) is 10.8 Å². The minimum atomic E-state index is 0.230. The van der Waals surface area contributed by atoms with Gasteiger partial charge in [-0.15, -0.1) is 0 Å². The predicted molar refractivity (Wildman–Crippen MR) is 91.0 cm³/mol. The van der Waals surface area contributed by atoms with Crippen molar-refractivity contribution in [1.82, 2.24) is 5.32 Å². The predicted octanol–water partition coefficient (Wildman–Crippen LogP) is 5.08. The van der Waals surface area contributed by atoms with E-state index in [9.17, 15) is 0 Å². The van der Waals surface area contributed by atoms with E-state index >= 15 is 0 Å². The average molecular weight is 285 g/mol.